The second-order valence-electron chi connectivity index (χ2n) is 5.45. The molecule has 0 aliphatic carbocycles. The summed E-state index contributed by atoms with van der Waals surface area (Å²) in [6.45, 7) is 1.76. The Labute approximate surface area is 162 Å². The number of carbonyl (C=O) groups excluding carboxylic acids is 1. The zero-order chi connectivity index (χ0) is 20.0. The molecule has 146 valence electrons. The maximum absolute atomic E-state index is 12.3. The highest BCUT2D eigenvalue weighted by atomic mass is 35.5. The standard InChI is InChI=1S/C17H20ClN3O5S/c1-4-27(23,24)17-20-10-12(18)15(21-17)16(22)19-8-7-11-5-6-13(25-2)14(9-11)26-3/h5-6,9-10H,4,7-8H2,1-3H3,(H,19,22). The van der Waals surface area contributed by atoms with E-state index in [1.807, 2.05) is 12.1 Å². The third-order valence-electron chi connectivity index (χ3n) is 3.74. The fraction of sp³-hybridized carbons (Fsp3) is 0.353. The van der Waals surface area contributed by atoms with Crippen LogP contribution in [0.1, 0.15) is 23.0 Å². The zero-order valence-electron chi connectivity index (χ0n) is 15.2. The Morgan fingerprint density at radius 3 is 2.56 bits per heavy atom. The molecule has 8 nitrogen and oxygen atoms in total. The molecular weight excluding hydrogens is 394 g/mol. The Morgan fingerprint density at radius 1 is 1.22 bits per heavy atom. The summed E-state index contributed by atoms with van der Waals surface area (Å²) < 4.78 is 34.2. The molecule has 0 aliphatic rings. The largest absolute Gasteiger partial charge is 0.493 e. The number of carbonyl (C=O) groups is 1. The van der Waals surface area contributed by atoms with Crippen LogP contribution in [-0.2, 0) is 16.3 Å². The van der Waals surface area contributed by atoms with E-state index >= 15 is 0 Å². The summed E-state index contributed by atoms with van der Waals surface area (Å²) in [7, 11) is -0.540. The predicted octanol–water partition coefficient (Wildman–Crippen LogP) is 1.91. The van der Waals surface area contributed by atoms with Gasteiger partial charge in [-0.25, -0.2) is 18.4 Å². The first-order chi connectivity index (χ1) is 12.8. The van der Waals surface area contributed by atoms with Crippen LogP contribution in [0.15, 0.2) is 29.6 Å². The van der Waals surface area contributed by atoms with Gasteiger partial charge in [-0.3, -0.25) is 4.79 Å². The number of halogens is 1. The highest BCUT2D eigenvalue weighted by molar-refractivity contribution is 7.91. The first kappa shape index (κ1) is 20.9. The van der Waals surface area contributed by atoms with E-state index in [0.717, 1.165) is 11.8 Å². The minimum Gasteiger partial charge on any atom is -0.493 e. The topological polar surface area (TPSA) is 107 Å². The van der Waals surface area contributed by atoms with Gasteiger partial charge in [0.25, 0.3) is 5.91 Å². The number of nitrogens with one attached hydrogen (secondary N) is 1. The van der Waals surface area contributed by atoms with E-state index in [-0.39, 0.29) is 16.5 Å². The van der Waals surface area contributed by atoms with E-state index < -0.39 is 20.9 Å². The summed E-state index contributed by atoms with van der Waals surface area (Å²) in [5.41, 5.74) is 0.752. The molecule has 0 aliphatic heterocycles. The van der Waals surface area contributed by atoms with Crippen LogP contribution in [0.25, 0.3) is 0 Å². The van der Waals surface area contributed by atoms with Crippen molar-refractivity contribution in [1.29, 1.82) is 0 Å². The molecule has 10 heteroatoms. The molecule has 27 heavy (non-hydrogen) atoms. The van der Waals surface area contributed by atoms with Gasteiger partial charge in [0, 0.05) is 6.54 Å². The maximum Gasteiger partial charge on any atom is 0.271 e. The number of nitrogens with zero attached hydrogens (tertiary/aromatic N) is 2. The molecule has 0 atom stereocenters. The van der Waals surface area contributed by atoms with Crippen molar-refractivity contribution in [3.63, 3.8) is 0 Å². The lowest BCUT2D eigenvalue weighted by Crippen LogP contribution is -2.27. The Kier molecular flexibility index (Phi) is 6.98. The van der Waals surface area contributed by atoms with Gasteiger partial charge in [-0.15, -0.1) is 0 Å². The van der Waals surface area contributed by atoms with Gasteiger partial charge in [-0.05, 0) is 24.1 Å². The van der Waals surface area contributed by atoms with Crippen molar-refractivity contribution in [3.8, 4) is 11.5 Å². The smallest absolute Gasteiger partial charge is 0.271 e. The van der Waals surface area contributed by atoms with Crippen molar-refractivity contribution >= 4 is 27.3 Å². The first-order valence-electron chi connectivity index (χ1n) is 8.06. The van der Waals surface area contributed by atoms with Crippen molar-refractivity contribution in [3.05, 3.63) is 40.7 Å². The molecule has 0 fully saturated rings. The summed E-state index contributed by atoms with van der Waals surface area (Å²) in [4.78, 5) is 19.8. The van der Waals surface area contributed by atoms with Gasteiger partial charge in [0.05, 0.1) is 31.2 Å². The van der Waals surface area contributed by atoms with Gasteiger partial charge in [-0.1, -0.05) is 24.6 Å². The Hall–Kier alpha value is -2.39. The number of benzene rings is 1. The van der Waals surface area contributed by atoms with Gasteiger partial charge in [-0.2, -0.15) is 0 Å². The number of hydrogen-bond acceptors (Lipinski definition) is 7. The van der Waals surface area contributed by atoms with Gasteiger partial charge < -0.3 is 14.8 Å². The molecule has 1 aromatic heterocycles. The van der Waals surface area contributed by atoms with Gasteiger partial charge in [0.15, 0.2) is 17.2 Å². The third-order valence-corrected chi connectivity index (χ3v) is 5.53. The Morgan fingerprint density at radius 2 is 1.93 bits per heavy atom. The summed E-state index contributed by atoms with van der Waals surface area (Å²) in [6.07, 6.45) is 1.63. The molecule has 1 N–H and O–H groups in total. The summed E-state index contributed by atoms with van der Waals surface area (Å²) in [5, 5.41) is 2.23. The lowest BCUT2D eigenvalue weighted by molar-refractivity contribution is 0.0948. The van der Waals surface area contributed by atoms with Crippen LogP contribution in [-0.4, -0.2) is 50.8 Å². The molecule has 1 heterocycles. The monoisotopic (exact) mass is 413 g/mol. The molecule has 0 unspecified atom stereocenters. The van der Waals surface area contributed by atoms with Crippen LogP contribution in [0.3, 0.4) is 0 Å². The predicted molar refractivity (Wildman–Crippen MR) is 100 cm³/mol. The third kappa shape index (κ3) is 5.08. The summed E-state index contributed by atoms with van der Waals surface area (Å²) in [6, 6.07) is 5.45. The zero-order valence-corrected chi connectivity index (χ0v) is 16.7. The number of sulfone groups is 1. The molecule has 2 rings (SSSR count). The first-order valence-corrected chi connectivity index (χ1v) is 10.1. The van der Waals surface area contributed by atoms with E-state index in [0.29, 0.717) is 24.5 Å². The molecule has 0 bridgehead atoms. The van der Waals surface area contributed by atoms with E-state index in [9.17, 15) is 13.2 Å². The number of methoxy groups -OCH3 is 2. The van der Waals surface area contributed by atoms with Crippen molar-refractivity contribution in [2.24, 2.45) is 0 Å². The van der Waals surface area contributed by atoms with E-state index in [4.69, 9.17) is 21.1 Å². The summed E-state index contributed by atoms with van der Waals surface area (Å²) >= 11 is 5.94. The molecule has 2 aromatic rings. The Balaban J connectivity index is 2.07. The van der Waals surface area contributed by atoms with Crippen molar-refractivity contribution < 1.29 is 22.7 Å². The fourth-order valence-electron chi connectivity index (χ4n) is 2.23. The quantitative estimate of drug-likeness (QED) is 0.658. The minimum absolute atomic E-state index is 0.0198. The van der Waals surface area contributed by atoms with Crippen LogP contribution in [0.4, 0.5) is 0 Å². The average molecular weight is 414 g/mol. The minimum atomic E-state index is -3.64. The lowest BCUT2D eigenvalue weighted by Gasteiger charge is -2.10. The molecule has 0 radical (unpaired) electrons. The number of aromatic nitrogens is 2. The number of ether oxygens (including phenoxy) is 2. The highest BCUT2D eigenvalue weighted by Gasteiger charge is 2.20. The van der Waals surface area contributed by atoms with Crippen LogP contribution < -0.4 is 14.8 Å². The van der Waals surface area contributed by atoms with Gasteiger partial charge >= 0.3 is 0 Å². The molecule has 0 spiro atoms. The number of amides is 1. The normalized spacial score (nSPS) is 11.1. The molecule has 0 saturated heterocycles. The number of hydrogen-bond donors (Lipinski definition) is 1. The lowest BCUT2D eigenvalue weighted by atomic mass is 10.1. The second-order valence-corrected chi connectivity index (χ2v) is 8.03. The van der Waals surface area contributed by atoms with Crippen molar-refractivity contribution in [2.45, 2.75) is 18.5 Å². The van der Waals surface area contributed by atoms with Crippen molar-refractivity contribution in [2.75, 3.05) is 26.5 Å². The van der Waals surface area contributed by atoms with E-state index in [1.54, 1.807) is 20.3 Å². The van der Waals surface area contributed by atoms with Crippen LogP contribution >= 0.6 is 11.6 Å². The molecule has 1 aromatic carbocycles. The number of rotatable bonds is 8. The molecule has 0 saturated carbocycles. The van der Waals surface area contributed by atoms with Crippen LogP contribution in [0.2, 0.25) is 5.02 Å². The van der Waals surface area contributed by atoms with Crippen LogP contribution in [0.5, 0.6) is 11.5 Å². The van der Waals surface area contributed by atoms with E-state index in [1.165, 1.54) is 6.92 Å². The molecular formula is C17H20ClN3O5S. The molecule has 1 amide bonds. The highest BCUT2D eigenvalue weighted by Crippen LogP contribution is 2.27. The second kappa shape index (κ2) is 9.01. The summed E-state index contributed by atoms with van der Waals surface area (Å²) in [5.74, 6) is 0.461. The van der Waals surface area contributed by atoms with Crippen molar-refractivity contribution in [1.82, 2.24) is 15.3 Å². The van der Waals surface area contributed by atoms with Crippen LogP contribution in [0, 0.1) is 0 Å². The van der Waals surface area contributed by atoms with Gasteiger partial charge in [0.1, 0.15) is 0 Å². The van der Waals surface area contributed by atoms with E-state index in [2.05, 4.69) is 15.3 Å². The fourth-order valence-corrected chi connectivity index (χ4v) is 3.11. The SMILES string of the molecule is CCS(=O)(=O)c1ncc(Cl)c(C(=O)NCCc2ccc(OC)c(OC)c2)n1. The van der Waals surface area contributed by atoms with Gasteiger partial charge in [0.2, 0.25) is 15.0 Å². The average Bonchev–Trinajstić information content (AvgIpc) is 2.67. The Bertz CT molecular complexity index is 934. The maximum atomic E-state index is 12.3.